The summed E-state index contributed by atoms with van der Waals surface area (Å²) >= 11 is 0. The summed E-state index contributed by atoms with van der Waals surface area (Å²) in [6.07, 6.45) is 0. The molecule has 2 N–H and O–H groups in total. The summed E-state index contributed by atoms with van der Waals surface area (Å²) in [6.45, 7) is 0. The van der Waals surface area contributed by atoms with E-state index in [1.807, 2.05) is 0 Å². The Kier molecular flexibility index (Phi) is 10.2. The average Bonchev–Trinajstić information content (AvgIpc) is 0.722. The van der Waals surface area contributed by atoms with Crippen LogP contribution >= 0.6 is 0 Å². The molecule has 0 bridgehead atoms. The van der Waals surface area contributed by atoms with Crippen LogP contribution in [-0.4, -0.2) is 17.5 Å². The molecule has 0 aliphatic rings. The van der Waals surface area contributed by atoms with Crippen molar-refractivity contribution in [2.24, 2.45) is 0 Å². The van der Waals surface area contributed by atoms with E-state index in [1.54, 1.807) is 0 Å². The molecule has 0 fully saturated rings. The van der Waals surface area contributed by atoms with E-state index in [2.05, 4.69) is 0 Å². The number of rotatable bonds is 0. The second-order valence-corrected chi connectivity index (χ2v) is 1.34. The van der Waals surface area contributed by atoms with E-state index >= 15 is 0 Å². The Bertz CT molecular complexity index is 94.9. The molecule has 0 aliphatic carbocycles. The Balaban J connectivity index is -0.0000000800. The van der Waals surface area contributed by atoms with Crippen LogP contribution in [0.4, 0.5) is 0 Å². The van der Waals surface area contributed by atoms with Gasteiger partial charge in [0.25, 0.3) is 0 Å². The Morgan fingerprint density at radius 1 is 1.14 bits per heavy atom. The predicted octanol–water partition coefficient (Wildman–Crippen LogP) is -0.205. The van der Waals surface area contributed by atoms with Crippen molar-refractivity contribution in [2.75, 3.05) is 0 Å². The molecule has 6 heteroatoms. The van der Waals surface area contributed by atoms with Crippen molar-refractivity contribution in [1.82, 2.24) is 0 Å². The first-order valence-electron chi connectivity index (χ1n) is 0.698. The van der Waals surface area contributed by atoms with Gasteiger partial charge in [0.15, 0.2) is 0 Å². The van der Waals surface area contributed by atoms with Crippen molar-refractivity contribution >= 4 is 10.4 Å². The molecular weight excluding hydrogens is 172 g/mol. The van der Waals surface area contributed by atoms with Gasteiger partial charge in [-0.3, -0.25) is 9.11 Å². The largest absolute Gasteiger partial charge is 1.00 e. The molecule has 0 aromatic carbocycles. The third kappa shape index (κ3) is 812. The Morgan fingerprint density at radius 3 is 1.14 bits per heavy atom. The second-order valence-electron chi connectivity index (χ2n) is 0.448. The predicted molar refractivity (Wildman–Crippen MR) is 20.6 cm³/mol. The van der Waals surface area contributed by atoms with Crippen LogP contribution in [0.2, 0.25) is 0 Å². The molecule has 0 aromatic rings. The van der Waals surface area contributed by atoms with Crippen LogP contribution in [-0.2, 0) is 27.5 Å². The zero-order chi connectivity index (χ0) is 4.50. The third-order valence-corrected chi connectivity index (χ3v) is 0. The zero-order valence-electron chi connectivity index (χ0n) is 3.42. The Hall–Kier alpha value is 0.389. The molecule has 0 saturated carbocycles. The van der Waals surface area contributed by atoms with Crippen LogP contribution in [0.1, 0.15) is 0 Å². The van der Waals surface area contributed by atoms with Gasteiger partial charge in [0, 0.05) is 0 Å². The van der Waals surface area contributed by atoms with E-state index in [9.17, 15) is 0 Å². The first kappa shape index (κ1) is 15.7. The summed E-state index contributed by atoms with van der Waals surface area (Å²) in [5.41, 5.74) is 0. The van der Waals surface area contributed by atoms with E-state index in [-0.39, 0.29) is 24.5 Å². The summed E-state index contributed by atoms with van der Waals surface area (Å²) in [7, 11) is -4.67. The average molecular weight is 177 g/mol. The molecule has 0 aliphatic heterocycles. The molecule has 0 rings (SSSR count). The normalized spacial score (nSPS) is 8.29. The van der Waals surface area contributed by atoms with Crippen LogP contribution < -0.4 is 0 Å². The maximum absolute atomic E-state index is 8.74. The molecular formula is CH5CuO4S. The van der Waals surface area contributed by atoms with Gasteiger partial charge in [0.2, 0.25) is 0 Å². The Labute approximate surface area is 53.0 Å². The first-order valence-corrected chi connectivity index (χ1v) is 2.10. The van der Waals surface area contributed by atoms with Crippen LogP contribution in [0.15, 0.2) is 0 Å². The second kappa shape index (κ2) is 4.55. The maximum atomic E-state index is 8.74. The van der Waals surface area contributed by atoms with E-state index in [1.165, 1.54) is 0 Å². The molecule has 0 radical (unpaired) electrons. The van der Waals surface area contributed by atoms with Gasteiger partial charge in [-0.25, -0.2) is 0 Å². The van der Waals surface area contributed by atoms with Crippen molar-refractivity contribution in [2.45, 2.75) is 0 Å². The van der Waals surface area contributed by atoms with E-state index in [4.69, 9.17) is 17.5 Å². The van der Waals surface area contributed by atoms with Crippen molar-refractivity contribution in [3.05, 3.63) is 7.43 Å². The summed E-state index contributed by atoms with van der Waals surface area (Å²) < 4.78 is 31.6. The fourth-order valence-corrected chi connectivity index (χ4v) is 0. The summed E-state index contributed by atoms with van der Waals surface area (Å²) in [5.74, 6) is 0. The molecule has 0 unspecified atom stereocenters. The maximum Gasteiger partial charge on any atom is 1.00 e. The van der Waals surface area contributed by atoms with Gasteiger partial charge in [-0.05, 0) is 0 Å². The molecule has 4 nitrogen and oxygen atoms in total. The third-order valence-electron chi connectivity index (χ3n) is 0. The van der Waals surface area contributed by atoms with Crippen molar-refractivity contribution in [3.8, 4) is 0 Å². The zero-order valence-corrected chi connectivity index (χ0v) is 5.18. The van der Waals surface area contributed by atoms with Gasteiger partial charge in [-0.1, -0.05) is 0 Å². The van der Waals surface area contributed by atoms with Crippen LogP contribution in [0, 0.1) is 7.43 Å². The molecule has 50 valence electrons. The van der Waals surface area contributed by atoms with Crippen molar-refractivity contribution < 1.29 is 34.6 Å². The quantitative estimate of drug-likeness (QED) is 0.305. The van der Waals surface area contributed by atoms with Crippen molar-refractivity contribution in [3.63, 3.8) is 0 Å². The van der Waals surface area contributed by atoms with E-state index in [0.29, 0.717) is 0 Å². The topological polar surface area (TPSA) is 74.6 Å². The van der Waals surface area contributed by atoms with E-state index in [0.717, 1.165) is 0 Å². The van der Waals surface area contributed by atoms with Crippen molar-refractivity contribution in [1.29, 1.82) is 0 Å². The number of hydrogen-bond donors (Lipinski definition) is 2. The van der Waals surface area contributed by atoms with Crippen LogP contribution in [0.3, 0.4) is 0 Å². The first-order chi connectivity index (χ1) is 2.00. The van der Waals surface area contributed by atoms with Crippen LogP contribution in [0.5, 0.6) is 0 Å². The summed E-state index contributed by atoms with van der Waals surface area (Å²) in [4.78, 5) is 0. The minimum atomic E-state index is -4.67. The SMILES string of the molecule is O=S(=O)(O)O.[CH3-].[Cu+]. The minimum Gasteiger partial charge on any atom is -0.358 e. The minimum absolute atomic E-state index is 0. The molecule has 0 heterocycles. The molecule has 0 atom stereocenters. The molecule has 0 amide bonds. The number of hydrogen-bond acceptors (Lipinski definition) is 2. The monoisotopic (exact) mass is 176 g/mol. The summed E-state index contributed by atoms with van der Waals surface area (Å²) in [6, 6.07) is 0. The van der Waals surface area contributed by atoms with Gasteiger partial charge in [-0.2, -0.15) is 8.42 Å². The Morgan fingerprint density at radius 2 is 1.14 bits per heavy atom. The summed E-state index contributed by atoms with van der Waals surface area (Å²) in [5, 5.41) is 0. The van der Waals surface area contributed by atoms with Gasteiger partial charge >= 0.3 is 27.5 Å². The van der Waals surface area contributed by atoms with Gasteiger partial charge in [0.05, 0.1) is 0 Å². The smallest absolute Gasteiger partial charge is 0.358 e. The molecule has 0 aromatic heterocycles. The van der Waals surface area contributed by atoms with Crippen LogP contribution in [0.25, 0.3) is 0 Å². The fourth-order valence-electron chi connectivity index (χ4n) is 0. The fraction of sp³-hybridized carbons (Fsp3) is 0. The molecule has 0 saturated heterocycles. The molecule has 0 spiro atoms. The van der Waals surface area contributed by atoms with Gasteiger partial charge in [0.1, 0.15) is 0 Å². The molecule has 7 heavy (non-hydrogen) atoms. The van der Waals surface area contributed by atoms with E-state index < -0.39 is 10.4 Å². The van der Waals surface area contributed by atoms with Gasteiger partial charge in [-0.15, -0.1) is 0 Å². The van der Waals surface area contributed by atoms with Gasteiger partial charge < -0.3 is 7.43 Å². The standard InChI is InChI=1S/CH3.Cu.H2O4S/c;;1-5(2,3)4/h1H3;;(H2,1,2,3,4)/q-1;+1;.